The lowest BCUT2D eigenvalue weighted by Crippen LogP contribution is -1.82. The molecule has 0 bridgehead atoms. The van der Waals surface area contributed by atoms with Crippen LogP contribution in [0.2, 0.25) is 0 Å². The number of fused-ring (bicyclic) bond motifs is 1. The number of hydrogen-bond acceptors (Lipinski definition) is 4. The number of nitrogens with zero attached hydrogens (tertiary/aromatic N) is 2. The lowest BCUT2D eigenvalue weighted by Gasteiger charge is -1.94. The van der Waals surface area contributed by atoms with Gasteiger partial charge >= 0.3 is 0 Å². The maximum absolute atomic E-state index is 9.53. The molecular weight excluding hydrogens is 186 g/mol. The van der Waals surface area contributed by atoms with Crippen molar-refractivity contribution in [1.29, 1.82) is 0 Å². The van der Waals surface area contributed by atoms with Crippen molar-refractivity contribution < 1.29 is 5.11 Å². The first-order valence-electron chi connectivity index (χ1n) is 3.81. The summed E-state index contributed by atoms with van der Waals surface area (Å²) in [5.74, 6) is 0.180. The second kappa shape index (κ2) is 2.92. The second-order valence-electron chi connectivity index (χ2n) is 2.73. The van der Waals surface area contributed by atoms with Gasteiger partial charge in [-0.15, -0.1) is 0 Å². The van der Waals surface area contributed by atoms with Gasteiger partial charge in [-0.25, -0.2) is 9.97 Å². The average molecular weight is 195 g/mol. The topological polar surface area (TPSA) is 61.8 Å². The minimum Gasteiger partial charge on any atom is -0.505 e. The highest BCUT2D eigenvalue weighted by atomic mass is 32.2. The fraction of sp³-hybridized carbons (Fsp3) is 0.250. The molecule has 0 spiro atoms. The molecule has 0 atom stereocenters. The van der Waals surface area contributed by atoms with Crippen molar-refractivity contribution in [3.8, 4) is 5.75 Å². The molecule has 4 nitrogen and oxygen atoms in total. The van der Waals surface area contributed by atoms with E-state index in [9.17, 15) is 5.11 Å². The van der Waals surface area contributed by atoms with Crippen molar-refractivity contribution in [2.75, 3.05) is 6.26 Å². The third-order valence-corrected chi connectivity index (χ3v) is 2.31. The van der Waals surface area contributed by atoms with Crippen molar-refractivity contribution >= 4 is 22.9 Å². The van der Waals surface area contributed by atoms with Crippen LogP contribution in [-0.4, -0.2) is 26.3 Å². The van der Waals surface area contributed by atoms with E-state index in [0.717, 1.165) is 10.9 Å². The summed E-state index contributed by atoms with van der Waals surface area (Å²) in [6.07, 6.45) is 1.92. The number of aromatic hydroxyl groups is 1. The molecule has 0 saturated carbocycles. The standard InChI is InChI=1S/C8H9N3OS/c1-4-3-5(12)6-7(9-4)11-8(10-6)13-2/h3H,1-2H3,(H2,9,10,11,12). The van der Waals surface area contributed by atoms with Gasteiger partial charge in [-0.2, -0.15) is 0 Å². The quantitative estimate of drug-likeness (QED) is 0.680. The van der Waals surface area contributed by atoms with E-state index in [2.05, 4.69) is 15.0 Å². The molecule has 0 saturated heterocycles. The van der Waals surface area contributed by atoms with Crippen LogP contribution in [0.25, 0.3) is 11.2 Å². The minimum atomic E-state index is 0.180. The molecule has 68 valence electrons. The lowest BCUT2D eigenvalue weighted by atomic mass is 10.3. The zero-order chi connectivity index (χ0) is 9.42. The Morgan fingerprint density at radius 3 is 2.92 bits per heavy atom. The van der Waals surface area contributed by atoms with Gasteiger partial charge in [0.25, 0.3) is 0 Å². The van der Waals surface area contributed by atoms with Gasteiger partial charge in [0, 0.05) is 11.8 Å². The number of aromatic nitrogens is 3. The van der Waals surface area contributed by atoms with E-state index in [4.69, 9.17) is 0 Å². The number of thioether (sulfide) groups is 1. The molecule has 2 aromatic rings. The van der Waals surface area contributed by atoms with Crippen LogP contribution in [0.3, 0.4) is 0 Å². The van der Waals surface area contributed by atoms with Gasteiger partial charge in [0.05, 0.1) is 0 Å². The molecule has 0 amide bonds. The third-order valence-electron chi connectivity index (χ3n) is 1.73. The summed E-state index contributed by atoms with van der Waals surface area (Å²) in [7, 11) is 0. The van der Waals surface area contributed by atoms with Gasteiger partial charge in [0.2, 0.25) is 0 Å². The van der Waals surface area contributed by atoms with Gasteiger partial charge in [0.15, 0.2) is 16.3 Å². The zero-order valence-electron chi connectivity index (χ0n) is 7.33. The van der Waals surface area contributed by atoms with E-state index in [1.54, 1.807) is 6.07 Å². The number of rotatable bonds is 1. The van der Waals surface area contributed by atoms with Crippen LogP contribution < -0.4 is 0 Å². The van der Waals surface area contributed by atoms with Gasteiger partial charge in [-0.1, -0.05) is 11.8 Å². The first-order valence-corrected chi connectivity index (χ1v) is 5.03. The summed E-state index contributed by atoms with van der Waals surface area (Å²) < 4.78 is 0. The second-order valence-corrected chi connectivity index (χ2v) is 3.52. The predicted octanol–water partition coefficient (Wildman–Crippen LogP) is 1.69. The van der Waals surface area contributed by atoms with Crippen molar-refractivity contribution in [2.24, 2.45) is 0 Å². The van der Waals surface area contributed by atoms with Crippen LogP contribution in [-0.2, 0) is 0 Å². The average Bonchev–Trinajstić information content (AvgIpc) is 2.47. The minimum absolute atomic E-state index is 0.180. The first-order chi connectivity index (χ1) is 6.20. The highest BCUT2D eigenvalue weighted by Gasteiger charge is 2.07. The molecule has 0 unspecified atom stereocenters. The Hall–Kier alpha value is -1.23. The van der Waals surface area contributed by atoms with E-state index < -0.39 is 0 Å². The molecule has 0 fully saturated rings. The fourth-order valence-electron chi connectivity index (χ4n) is 1.17. The molecule has 2 aromatic heterocycles. The molecular formula is C8H9N3OS. The van der Waals surface area contributed by atoms with Gasteiger partial charge in [-0.05, 0) is 13.2 Å². The zero-order valence-corrected chi connectivity index (χ0v) is 8.14. The first kappa shape index (κ1) is 8.37. The SMILES string of the molecule is CSc1nc2c(O)cc(C)nc2[nH]1. The Bertz CT molecular complexity index is 452. The number of hydrogen-bond donors (Lipinski definition) is 2. The normalized spacial score (nSPS) is 10.9. The van der Waals surface area contributed by atoms with Gasteiger partial charge in [-0.3, -0.25) is 0 Å². The summed E-state index contributed by atoms with van der Waals surface area (Å²) >= 11 is 1.49. The van der Waals surface area contributed by atoms with Crippen molar-refractivity contribution in [3.63, 3.8) is 0 Å². The van der Waals surface area contributed by atoms with Crippen molar-refractivity contribution in [3.05, 3.63) is 11.8 Å². The lowest BCUT2D eigenvalue weighted by molar-refractivity contribution is 0.479. The number of aromatic amines is 1. The van der Waals surface area contributed by atoms with Crippen LogP contribution in [0.1, 0.15) is 5.69 Å². The van der Waals surface area contributed by atoms with E-state index in [0.29, 0.717) is 11.2 Å². The molecule has 0 aliphatic carbocycles. The Labute approximate surface area is 79.4 Å². The smallest absolute Gasteiger partial charge is 0.167 e. The number of pyridine rings is 1. The Balaban J connectivity index is 2.75. The number of nitrogens with one attached hydrogen (secondary N) is 1. The summed E-state index contributed by atoms with van der Waals surface area (Å²) in [6, 6.07) is 1.60. The summed E-state index contributed by atoms with van der Waals surface area (Å²) in [5.41, 5.74) is 1.96. The number of aryl methyl sites for hydroxylation is 1. The fourth-order valence-corrected chi connectivity index (χ4v) is 1.56. The highest BCUT2D eigenvalue weighted by Crippen LogP contribution is 2.24. The van der Waals surface area contributed by atoms with Crippen molar-refractivity contribution in [1.82, 2.24) is 15.0 Å². The molecule has 13 heavy (non-hydrogen) atoms. The third kappa shape index (κ3) is 1.35. The molecule has 2 heterocycles. The maximum atomic E-state index is 9.53. The Kier molecular flexibility index (Phi) is 1.88. The van der Waals surface area contributed by atoms with Crippen LogP contribution >= 0.6 is 11.8 Å². The maximum Gasteiger partial charge on any atom is 0.167 e. The van der Waals surface area contributed by atoms with Crippen LogP contribution in [0.15, 0.2) is 11.2 Å². The van der Waals surface area contributed by atoms with E-state index >= 15 is 0 Å². The number of imidazole rings is 1. The molecule has 0 aromatic carbocycles. The monoisotopic (exact) mass is 195 g/mol. The van der Waals surface area contributed by atoms with Crippen LogP contribution in [0, 0.1) is 6.92 Å². The van der Waals surface area contributed by atoms with Crippen LogP contribution in [0.5, 0.6) is 5.75 Å². The molecule has 0 aliphatic heterocycles. The molecule has 2 rings (SSSR count). The van der Waals surface area contributed by atoms with Crippen molar-refractivity contribution in [2.45, 2.75) is 12.1 Å². The summed E-state index contributed by atoms with van der Waals surface area (Å²) in [4.78, 5) is 11.4. The molecule has 5 heteroatoms. The summed E-state index contributed by atoms with van der Waals surface area (Å²) in [5, 5.41) is 10.3. The predicted molar refractivity (Wildman–Crippen MR) is 52.1 cm³/mol. The largest absolute Gasteiger partial charge is 0.505 e. The molecule has 0 aliphatic rings. The van der Waals surface area contributed by atoms with Crippen LogP contribution in [0.4, 0.5) is 0 Å². The summed E-state index contributed by atoms with van der Waals surface area (Å²) in [6.45, 7) is 1.83. The highest BCUT2D eigenvalue weighted by molar-refractivity contribution is 7.98. The molecule has 0 radical (unpaired) electrons. The molecule has 2 N–H and O–H groups in total. The van der Waals surface area contributed by atoms with Gasteiger partial charge in [0.1, 0.15) is 5.75 Å². The Morgan fingerprint density at radius 1 is 1.46 bits per heavy atom. The van der Waals surface area contributed by atoms with E-state index in [-0.39, 0.29) is 5.75 Å². The Morgan fingerprint density at radius 2 is 2.23 bits per heavy atom. The van der Waals surface area contributed by atoms with E-state index in [1.807, 2.05) is 13.2 Å². The number of H-pyrrole nitrogens is 1. The van der Waals surface area contributed by atoms with E-state index in [1.165, 1.54) is 11.8 Å². The van der Waals surface area contributed by atoms with Gasteiger partial charge < -0.3 is 10.1 Å².